The number of aryl methyl sites for hydroxylation is 1. The third-order valence-corrected chi connectivity index (χ3v) is 8.25. The molecule has 1 aromatic heterocycles. The molecule has 3 aromatic carbocycles. The van der Waals surface area contributed by atoms with Gasteiger partial charge in [0.25, 0.3) is 11.8 Å². The molecule has 3 N–H and O–H groups in total. The molecule has 4 bridgehead atoms. The Bertz CT molecular complexity index is 1720. The Labute approximate surface area is 260 Å². The fourth-order valence-electron chi connectivity index (χ4n) is 5.87. The maximum Gasteiger partial charge on any atom is 0.258 e. The maximum atomic E-state index is 13.7. The molecule has 0 aliphatic carbocycles. The number of H-pyrrole nitrogens is 1. The van der Waals surface area contributed by atoms with Gasteiger partial charge in [0.2, 0.25) is 5.91 Å². The Kier molecular flexibility index (Phi) is 8.77. The number of aromatic amines is 1. The number of hydrogen-bond donors (Lipinski definition) is 3. The van der Waals surface area contributed by atoms with E-state index in [0.717, 1.165) is 22.0 Å². The summed E-state index contributed by atoms with van der Waals surface area (Å²) in [5.74, 6) is 1.40. The van der Waals surface area contributed by atoms with E-state index in [-0.39, 0.29) is 37.3 Å². The number of carbonyl (C=O) groups excluding carboxylic acids is 3. The van der Waals surface area contributed by atoms with E-state index in [4.69, 9.17) is 18.9 Å². The predicted molar refractivity (Wildman–Crippen MR) is 167 cm³/mol. The fraction of sp³-hybridized carbons (Fsp3) is 0.324. The van der Waals surface area contributed by atoms with Crippen molar-refractivity contribution in [3.05, 3.63) is 83.6 Å². The van der Waals surface area contributed by atoms with E-state index in [2.05, 4.69) is 15.6 Å². The fourth-order valence-corrected chi connectivity index (χ4v) is 5.87. The smallest absolute Gasteiger partial charge is 0.258 e. The van der Waals surface area contributed by atoms with Crippen LogP contribution in [-0.4, -0.2) is 73.7 Å². The van der Waals surface area contributed by atoms with Crippen LogP contribution >= 0.6 is 0 Å². The summed E-state index contributed by atoms with van der Waals surface area (Å²) in [4.78, 5) is 44.6. The van der Waals surface area contributed by atoms with Crippen LogP contribution in [0.5, 0.6) is 23.0 Å². The Morgan fingerprint density at radius 2 is 1.82 bits per heavy atom. The number of benzene rings is 3. The van der Waals surface area contributed by atoms with E-state index >= 15 is 0 Å². The van der Waals surface area contributed by atoms with Crippen molar-refractivity contribution in [1.29, 1.82) is 0 Å². The van der Waals surface area contributed by atoms with Crippen LogP contribution in [0.25, 0.3) is 10.9 Å². The van der Waals surface area contributed by atoms with Gasteiger partial charge in [-0.15, -0.1) is 0 Å². The first-order valence-corrected chi connectivity index (χ1v) is 15.0. The summed E-state index contributed by atoms with van der Waals surface area (Å²) >= 11 is 0. The lowest BCUT2D eigenvalue weighted by Gasteiger charge is -2.39. The number of nitrogens with one attached hydrogen (secondary N) is 3. The zero-order valence-corrected chi connectivity index (χ0v) is 25.3. The van der Waals surface area contributed by atoms with Crippen LogP contribution < -0.4 is 29.6 Å². The van der Waals surface area contributed by atoms with Crippen molar-refractivity contribution in [2.75, 3.05) is 33.9 Å². The number of rotatable bonds is 3. The van der Waals surface area contributed by atoms with Crippen molar-refractivity contribution in [2.45, 2.75) is 38.0 Å². The van der Waals surface area contributed by atoms with Crippen LogP contribution in [0, 0.1) is 0 Å². The Morgan fingerprint density at radius 3 is 2.67 bits per heavy atom. The summed E-state index contributed by atoms with van der Waals surface area (Å²) in [6.45, 7) is 0.703. The van der Waals surface area contributed by atoms with Gasteiger partial charge in [0.05, 0.1) is 31.3 Å². The molecule has 2 atom stereocenters. The number of amides is 3. The van der Waals surface area contributed by atoms with Crippen LogP contribution in [0.4, 0.5) is 0 Å². The number of nitrogens with zero attached hydrogens (tertiary/aromatic N) is 1. The van der Waals surface area contributed by atoms with Crippen LogP contribution in [0.1, 0.15) is 34.3 Å². The molecule has 3 amide bonds. The molecule has 11 nitrogen and oxygen atoms in total. The molecule has 4 heterocycles. The molecule has 45 heavy (non-hydrogen) atoms. The van der Waals surface area contributed by atoms with Crippen molar-refractivity contribution < 1.29 is 33.3 Å². The first-order chi connectivity index (χ1) is 21.9. The average molecular weight is 613 g/mol. The average Bonchev–Trinajstić information content (AvgIpc) is 3.55. The Morgan fingerprint density at radius 1 is 0.956 bits per heavy atom. The van der Waals surface area contributed by atoms with Crippen molar-refractivity contribution in [2.24, 2.45) is 0 Å². The number of carbonyl (C=O) groups is 3. The molecule has 4 aromatic rings. The molecule has 234 valence electrons. The summed E-state index contributed by atoms with van der Waals surface area (Å²) in [5.41, 5.74) is 3.02. The highest BCUT2D eigenvalue weighted by Crippen LogP contribution is 2.30. The molecule has 0 saturated carbocycles. The van der Waals surface area contributed by atoms with Crippen molar-refractivity contribution >= 4 is 28.6 Å². The van der Waals surface area contributed by atoms with Crippen molar-refractivity contribution in [3.8, 4) is 23.0 Å². The van der Waals surface area contributed by atoms with Gasteiger partial charge in [-0.1, -0.05) is 18.2 Å². The number of aromatic nitrogens is 1. The molecule has 7 rings (SSSR count). The van der Waals surface area contributed by atoms with Crippen molar-refractivity contribution in [1.82, 2.24) is 20.5 Å². The number of methoxy groups -OCH3 is 2. The van der Waals surface area contributed by atoms with E-state index in [1.807, 2.05) is 42.6 Å². The van der Waals surface area contributed by atoms with Gasteiger partial charge < -0.3 is 39.5 Å². The molecule has 1 fully saturated rings. The van der Waals surface area contributed by atoms with Crippen molar-refractivity contribution in [3.63, 3.8) is 0 Å². The molecule has 3 aliphatic rings. The van der Waals surface area contributed by atoms with Gasteiger partial charge in [0.15, 0.2) is 18.1 Å². The lowest BCUT2D eigenvalue weighted by molar-refractivity contribution is -0.125. The lowest BCUT2D eigenvalue weighted by Crippen LogP contribution is -2.58. The van der Waals surface area contributed by atoms with Gasteiger partial charge in [-0.2, -0.15) is 0 Å². The number of hydrogen-bond acceptors (Lipinski definition) is 7. The zero-order valence-electron chi connectivity index (χ0n) is 25.3. The Balaban J connectivity index is 1.28. The monoisotopic (exact) mass is 612 g/mol. The minimum Gasteiger partial charge on any atom is -0.496 e. The van der Waals surface area contributed by atoms with Crippen LogP contribution in [0.2, 0.25) is 0 Å². The molecule has 0 unspecified atom stereocenters. The standard InChI is InChI=1S/C34H36N4O7/c1-42-28-10-6-21-7-11-31(39)36-18-23-8-9-24(17-29(23)43-2)45-27-13-15-38(19-26(27)37-32(40)20-44-30(28)16-21)34(41)25-5-3-4-22-12-14-35-33(22)25/h3-6,8-10,12,14,16-17,26-27,35H,7,11,13,15,18-20H2,1-2H3,(H,36,39)(H,37,40)/t26-,27+/m1/s1. The van der Waals surface area contributed by atoms with Crippen LogP contribution in [0.15, 0.2) is 66.9 Å². The molecule has 3 aliphatic heterocycles. The highest BCUT2D eigenvalue weighted by molar-refractivity contribution is 6.05. The van der Waals surface area contributed by atoms with E-state index < -0.39 is 12.1 Å². The second-order valence-corrected chi connectivity index (χ2v) is 11.1. The second-order valence-electron chi connectivity index (χ2n) is 11.1. The Hall–Kier alpha value is -5.19. The summed E-state index contributed by atoms with van der Waals surface area (Å²) in [6.07, 6.45) is 2.61. The van der Waals surface area contributed by atoms with E-state index in [0.29, 0.717) is 54.5 Å². The predicted octanol–water partition coefficient (Wildman–Crippen LogP) is 3.60. The number of piperidine rings is 1. The molecule has 11 heteroatoms. The number of ether oxygens (including phenoxy) is 4. The molecule has 0 radical (unpaired) electrons. The number of fused-ring (bicyclic) bond motifs is 10. The van der Waals surface area contributed by atoms with Gasteiger partial charge in [0.1, 0.15) is 17.6 Å². The van der Waals surface area contributed by atoms with Gasteiger partial charge >= 0.3 is 0 Å². The van der Waals surface area contributed by atoms with E-state index in [1.165, 1.54) is 7.11 Å². The first-order valence-electron chi connectivity index (χ1n) is 15.0. The second kappa shape index (κ2) is 13.2. The minimum atomic E-state index is -0.526. The zero-order chi connectivity index (χ0) is 31.3. The first kappa shape index (κ1) is 29.9. The third kappa shape index (κ3) is 6.67. The lowest BCUT2D eigenvalue weighted by atomic mass is 10.00. The highest BCUT2D eigenvalue weighted by atomic mass is 16.5. The summed E-state index contributed by atoms with van der Waals surface area (Å²) in [7, 11) is 3.10. The van der Waals surface area contributed by atoms with Gasteiger partial charge in [0, 0.05) is 55.7 Å². The molecule has 0 spiro atoms. The molecule has 1 saturated heterocycles. The van der Waals surface area contributed by atoms with E-state index in [1.54, 1.807) is 36.3 Å². The van der Waals surface area contributed by atoms with Gasteiger partial charge in [-0.05, 0) is 48.4 Å². The quantitative estimate of drug-likeness (QED) is 0.322. The van der Waals surface area contributed by atoms with Crippen LogP contribution in [0.3, 0.4) is 0 Å². The van der Waals surface area contributed by atoms with Gasteiger partial charge in [-0.3, -0.25) is 14.4 Å². The largest absolute Gasteiger partial charge is 0.496 e. The number of likely N-dealkylation sites (tertiary alicyclic amines) is 1. The topological polar surface area (TPSA) is 131 Å². The maximum absolute atomic E-state index is 13.7. The SMILES string of the molecule is COc1cc2ccc1CNC(=O)CCc1ccc(OC)c(c1)OCC(=O)N[C@@H]1CN(C(=O)c3cccc4cc[nH]c34)CC[C@@H]1O2. The molecular formula is C34H36N4O7. The summed E-state index contributed by atoms with van der Waals surface area (Å²) in [6, 6.07) is 17.9. The minimum absolute atomic E-state index is 0.107. The summed E-state index contributed by atoms with van der Waals surface area (Å²) in [5, 5.41) is 6.96. The molecular weight excluding hydrogens is 576 g/mol. The van der Waals surface area contributed by atoms with Gasteiger partial charge in [-0.25, -0.2) is 0 Å². The van der Waals surface area contributed by atoms with Crippen LogP contribution in [-0.2, 0) is 22.6 Å². The summed E-state index contributed by atoms with van der Waals surface area (Å²) < 4.78 is 23.4. The normalized spacial score (nSPS) is 19.1. The third-order valence-electron chi connectivity index (χ3n) is 8.25. The highest BCUT2D eigenvalue weighted by Gasteiger charge is 2.35. The van der Waals surface area contributed by atoms with E-state index in [9.17, 15) is 14.4 Å². The number of para-hydroxylation sites is 1.